The molecule has 0 amide bonds. The summed E-state index contributed by atoms with van der Waals surface area (Å²) in [5.41, 5.74) is 5.67. The van der Waals surface area contributed by atoms with Crippen molar-refractivity contribution >= 4 is 0 Å². The highest BCUT2D eigenvalue weighted by molar-refractivity contribution is 5.64. The Hall–Kier alpha value is -2.46. The Balaban J connectivity index is 1.58. The van der Waals surface area contributed by atoms with Crippen molar-refractivity contribution in [3.05, 3.63) is 77.2 Å². The SMILES string of the molecule is Fc1cccc(CN2CCc3[nH]nc(-c4ccccc4)c3C2)c1. The number of aromatic nitrogens is 2. The quantitative estimate of drug-likeness (QED) is 0.798. The second-order valence-electron chi connectivity index (χ2n) is 5.99. The summed E-state index contributed by atoms with van der Waals surface area (Å²) in [5, 5.41) is 7.69. The summed E-state index contributed by atoms with van der Waals surface area (Å²) >= 11 is 0. The van der Waals surface area contributed by atoms with Gasteiger partial charge in [-0.2, -0.15) is 5.10 Å². The van der Waals surface area contributed by atoms with E-state index in [0.717, 1.165) is 42.9 Å². The molecule has 1 N–H and O–H groups in total. The fourth-order valence-corrected chi connectivity index (χ4v) is 3.21. The zero-order chi connectivity index (χ0) is 15.6. The molecule has 23 heavy (non-hydrogen) atoms. The first kappa shape index (κ1) is 14.2. The van der Waals surface area contributed by atoms with Gasteiger partial charge in [-0.15, -0.1) is 0 Å². The molecule has 4 rings (SSSR count). The molecule has 0 spiro atoms. The zero-order valence-corrected chi connectivity index (χ0v) is 12.8. The van der Waals surface area contributed by atoms with Crippen LogP contribution in [0.25, 0.3) is 11.3 Å². The highest BCUT2D eigenvalue weighted by atomic mass is 19.1. The van der Waals surface area contributed by atoms with Crippen molar-refractivity contribution in [3.63, 3.8) is 0 Å². The molecule has 0 saturated heterocycles. The average molecular weight is 307 g/mol. The first-order chi connectivity index (χ1) is 11.3. The average Bonchev–Trinajstić information content (AvgIpc) is 2.99. The van der Waals surface area contributed by atoms with Crippen molar-refractivity contribution in [2.24, 2.45) is 0 Å². The van der Waals surface area contributed by atoms with E-state index in [2.05, 4.69) is 27.2 Å². The molecular formula is C19H18FN3. The summed E-state index contributed by atoms with van der Waals surface area (Å²) in [7, 11) is 0. The standard InChI is InChI=1S/C19H18FN3/c20-16-8-4-5-14(11-16)12-23-10-9-18-17(13-23)19(22-21-18)15-6-2-1-3-7-15/h1-8,11H,9-10,12-13H2,(H,21,22). The maximum absolute atomic E-state index is 13.4. The number of H-pyrrole nitrogens is 1. The summed E-state index contributed by atoms with van der Waals surface area (Å²) in [5.74, 6) is -0.173. The van der Waals surface area contributed by atoms with Crippen LogP contribution in [-0.4, -0.2) is 21.6 Å². The molecule has 2 aromatic carbocycles. The summed E-state index contributed by atoms with van der Waals surface area (Å²) in [4.78, 5) is 2.35. The van der Waals surface area contributed by atoms with Crippen LogP contribution in [0.3, 0.4) is 0 Å². The van der Waals surface area contributed by atoms with Gasteiger partial charge in [-0.05, 0) is 17.7 Å². The number of hydrogen-bond donors (Lipinski definition) is 1. The number of nitrogens with one attached hydrogen (secondary N) is 1. The molecule has 1 aliphatic heterocycles. The Labute approximate surface area is 134 Å². The van der Waals surface area contributed by atoms with Gasteiger partial charge in [-0.3, -0.25) is 10.00 Å². The van der Waals surface area contributed by atoms with Gasteiger partial charge in [0.25, 0.3) is 0 Å². The zero-order valence-electron chi connectivity index (χ0n) is 12.8. The van der Waals surface area contributed by atoms with Crippen LogP contribution in [0.15, 0.2) is 54.6 Å². The number of aromatic amines is 1. The second-order valence-corrected chi connectivity index (χ2v) is 5.99. The molecule has 0 fully saturated rings. The Morgan fingerprint density at radius 2 is 1.96 bits per heavy atom. The molecule has 1 aromatic heterocycles. The van der Waals surface area contributed by atoms with Gasteiger partial charge in [-0.25, -0.2) is 4.39 Å². The molecule has 3 nitrogen and oxygen atoms in total. The first-order valence-corrected chi connectivity index (χ1v) is 7.88. The van der Waals surface area contributed by atoms with Gasteiger partial charge >= 0.3 is 0 Å². The summed E-state index contributed by atoms with van der Waals surface area (Å²) in [6.07, 6.45) is 0.949. The van der Waals surface area contributed by atoms with Gasteiger partial charge in [0.15, 0.2) is 0 Å². The lowest BCUT2D eigenvalue weighted by molar-refractivity contribution is 0.245. The minimum atomic E-state index is -0.173. The monoisotopic (exact) mass is 307 g/mol. The molecule has 0 aliphatic carbocycles. The summed E-state index contributed by atoms with van der Waals surface area (Å²) in [6, 6.07) is 17.1. The molecule has 0 unspecified atom stereocenters. The lowest BCUT2D eigenvalue weighted by atomic mass is 10.0. The number of fused-ring (bicyclic) bond motifs is 1. The second kappa shape index (κ2) is 5.97. The molecule has 1 aliphatic rings. The molecule has 0 radical (unpaired) electrons. The Morgan fingerprint density at radius 3 is 2.78 bits per heavy atom. The van der Waals surface area contributed by atoms with Gasteiger partial charge < -0.3 is 0 Å². The molecular weight excluding hydrogens is 289 g/mol. The van der Waals surface area contributed by atoms with E-state index in [0.29, 0.717) is 0 Å². The normalized spacial score (nSPS) is 14.7. The van der Waals surface area contributed by atoms with E-state index in [-0.39, 0.29) is 5.82 Å². The number of nitrogens with zero attached hydrogens (tertiary/aromatic N) is 2. The van der Waals surface area contributed by atoms with Crippen LogP contribution in [0, 0.1) is 5.82 Å². The van der Waals surface area contributed by atoms with Crippen molar-refractivity contribution in [1.29, 1.82) is 0 Å². The van der Waals surface area contributed by atoms with E-state index in [1.54, 1.807) is 12.1 Å². The van der Waals surface area contributed by atoms with Crippen molar-refractivity contribution in [2.45, 2.75) is 19.5 Å². The van der Waals surface area contributed by atoms with E-state index in [9.17, 15) is 4.39 Å². The van der Waals surface area contributed by atoms with E-state index < -0.39 is 0 Å². The van der Waals surface area contributed by atoms with Gasteiger partial charge in [0.1, 0.15) is 5.82 Å². The smallest absolute Gasteiger partial charge is 0.123 e. The molecule has 0 bridgehead atoms. The molecule has 2 heterocycles. The van der Waals surface area contributed by atoms with Gasteiger partial charge in [-0.1, -0.05) is 42.5 Å². The highest BCUT2D eigenvalue weighted by Crippen LogP contribution is 2.28. The number of halogens is 1. The van der Waals surface area contributed by atoms with Gasteiger partial charge in [0.05, 0.1) is 5.69 Å². The Kier molecular flexibility index (Phi) is 3.67. The fraction of sp³-hybridized carbons (Fsp3) is 0.211. The van der Waals surface area contributed by atoms with Crippen LogP contribution in [0.5, 0.6) is 0 Å². The fourth-order valence-electron chi connectivity index (χ4n) is 3.21. The van der Waals surface area contributed by atoms with E-state index in [4.69, 9.17) is 0 Å². The lowest BCUT2D eigenvalue weighted by Crippen LogP contribution is -2.30. The van der Waals surface area contributed by atoms with Crippen LogP contribution in [0.1, 0.15) is 16.8 Å². The maximum Gasteiger partial charge on any atom is 0.123 e. The van der Waals surface area contributed by atoms with Crippen molar-refractivity contribution in [3.8, 4) is 11.3 Å². The molecule has 4 heteroatoms. The maximum atomic E-state index is 13.4. The van der Waals surface area contributed by atoms with Crippen LogP contribution in [0.4, 0.5) is 4.39 Å². The highest BCUT2D eigenvalue weighted by Gasteiger charge is 2.22. The van der Waals surface area contributed by atoms with Crippen LogP contribution in [-0.2, 0) is 19.5 Å². The number of hydrogen-bond acceptors (Lipinski definition) is 2. The lowest BCUT2D eigenvalue weighted by Gasteiger charge is -2.27. The Morgan fingerprint density at radius 1 is 1.09 bits per heavy atom. The van der Waals surface area contributed by atoms with Crippen molar-refractivity contribution < 1.29 is 4.39 Å². The van der Waals surface area contributed by atoms with E-state index >= 15 is 0 Å². The van der Waals surface area contributed by atoms with E-state index in [1.165, 1.54) is 17.3 Å². The molecule has 0 saturated carbocycles. The third-order valence-corrected chi connectivity index (χ3v) is 4.35. The van der Waals surface area contributed by atoms with Crippen molar-refractivity contribution in [2.75, 3.05) is 6.54 Å². The largest absolute Gasteiger partial charge is 0.294 e. The molecule has 116 valence electrons. The third kappa shape index (κ3) is 2.90. The first-order valence-electron chi connectivity index (χ1n) is 7.88. The summed E-state index contributed by atoms with van der Waals surface area (Å²) in [6.45, 7) is 2.56. The van der Waals surface area contributed by atoms with Gasteiger partial charge in [0, 0.05) is 42.9 Å². The van der Waals surface area contributed by atoms with Crippen LogP contribution < -0.4 is 0 Å². The number of rotatable bonds is 3. The molecule has 0 atom stereocenters. The van der Waals surface area contributed by atoms with Crippen LogP contribution in [0.2, 0.25) is 0 Å². The van der Waals surface area contributed by atoms with Crippen LogP contribution >= 0.6 is 0 Å². The minimum Gasteiger partial charge on any atom is -0.294 e. The number of benzene rings is 2. The van der Waals surface area contributed by atoms with E-state index in [1.807, 2.05) is 24.3 Å². The molecule has 3 aromatic rings. The predicted octanol–water partition coefficient (Wildman–Crippen LogP) is 3.77. The predicted molar refractivity (Wildman–Crippen MR) is 88.2 cm³/mol. The minimum absolute atomic E-state index is 0.173. The van der Waals surface area contributed by atoms with Crippen molar-refractivity contribution in [1.82, 2.24) is 15.1 Å². The third-order valence-electron chi connectivity index (χ3n) is 4.35. The van der Waals surface area contributed by atoms with Gasteiger partial charge in [0.2, 0.25) is 0 Å². The topological polar surface area (TPSA) is 31.9 Å². The Bertz CT molecular complexity index is 810. The summed E-state index contributed by atoms with van der Waals surface area (Å²) < 4.78 is 13.4.